The highest BCUT2D eigenvalue weighted by molar-refractivity contribution is 5.92. The van der Waals surface area contributed by atoms with Gasteiger partial charge in [0.2, 0.25) is 0 Å². The van der Waals surface area contributed by atoms with Crippen molar-refractivity contribution in [1.82, 2.24) is 19.9 Å². The van der Waals surface area contributed by atoms with E-state index in [2.05, 4.69) is 9.88 Å². The predicted molar refractivity (Wildman–Crippen MR) is 123 cm³/mol. The van der Waals surface area contributed by atoms with Crippen molar-refractivity contribution in [2.75, 3.05) is 38.2 Å². The van der Waals surface area contributed by atoms with Crippen LogP contribution in [0, 0.1) is 6.92 Å². The number of rotatable bonds is 5. The first-order valence-electron chi connectivity index (χ1n) is 10.7. The van der Waals surface area contributed by atoms with Crippen molar-refractivity contribution in [2.24, 2.45) is 0 Å². The number of ether oxygens (including phenoxy) is 1. The first-order chi connectivity index (χ1) is 15.6. The highest BCUT2D eigenvalue weighted by atomic mass is 16.5. The first-order valence-corrected chi connectivity index (χ1v) is 10.7. The number of carboxylic acids is 1. The number of hydrogen-bond acceptors (Lipinski definition) is 6. The number of aromatic nitrogens is 3. The lowest BCUT2D eigenvalue weighted by molar-refractivity contribution is -0.143. The van der Waals surface area contributed by atoms with E-state index in [9.17, 15) is 9.90 Å². The van der Waals surface area contributed by atoms with Gasteiger partial charge in [-0.3, -0.25) is 9.69 Å². The lowest BCUT2D eigenvalue weighted by Crippen LogP contribution is -2.49. The minimum atomic E-state index is -0.858. The number of para-hydroxylation sites is 3. The van der Waals surface area contributed by atoms with Crippen molar-refractivity contribution in [3.8, 4) is 5.75 Å². The smallest absolute Gasteiger partial charge is 0.325 e. The molecule has 0 spiro atoms. The summed E-state index contributed by atoms with van der Waals surface area (Å²) in [5, 5.41) is 11.0. The minimum Gasteiger partial charge on any atom is -0.495 e. The molecule has 32 heavy (non-hydrogen) atoms. The van der Waals surface area contributed by atoms with E-state index in [0.717, 1.165) is 39.0 Å². The molecule has 3 heterocycles. The normalized spacial score (nSPS) is 15.9. The molecule has 1 aliphatic rings. The molecule has 0 saturated carbocycles. The maximum absolute atomic E-state index is 12.3. The topological polar surface area (TPSA) is 94.6 Å². The molecule has 2 aromatic carbocycles. The van der Waals surface area contributed by atoms with Crippen LogP contribution in [-0.2, 0) is 4.79 Å². The number of methoxy groups -OCH3 is 1. The lowest BCUT2D eigenvalue weighted by atomic mass is 10.0. The Morgan fingerprint density at radius 1 is 1.06 bits per heavy atom. The van der Waals surface area contributed by atoms with Crippen LogP contribution in [0.2, 0.25) is 0 Å². The number of H-pyrrole nitrogens is 1. The van der Waals surface area contributed by atoms with Gasteiger partial charge < -0.3 is 19.7 Å². The van der Waals surface area contributed by atoms with Gasteiger partial charge in [0.05, 0.1) is 29.4 Å². The molecule has 4 aromatic rings. The van der Waals surface area contributed by atoms with Crippen molar-refractivity contribution in [1.29, 1.82) is 0 Å². The van der Waals surface area contributed by atoms with Gasteiger partial charge in [0.25, 0.3) is 0 Å². The van der Waals surface area contributed by atoms with Gasteiger partial charge in [-0.1, -0.05) is 24.3 Å². The Morgan fingerprint density at radius 3 is 2.47 bits per heavy atom. The predicted octanol–water partition coefficient (Wildman–Crippen LogP) is 3.38. The Balaban J connectivity index is 1.40. The zero-order valence-electron chi connectivity index (χ0n) is 18.1. The third-order valence-corrected chi connectivity index (χ3v) is 6.16. The van der Waals surface area contributed by atoms with Gasteiger partial charge in [-0.15, -0.1) is 0 Å². The zero-order chi connectivity index (χ0) is 22.2. The largest absolute Gasteiger partial charge is 0.495 e. The van der Waals surface area contributed by atoms with Crippen LogP contribution in [0.1, 0.15) is 17.3 Å². The Morgan fingerprint density at radius 2 is 1.78 bits per heavy atom. The summed E-state index contributed by atoms with van der Waals surface area (Å²) in [6.07, 6.45) is 1.79. The van der Waals surface area contributed by atoms with Gasteiger partial charge in [-0.25, -0.2) is 9.97 Å². The molecule has 1 fully saturated rings. The number of aromatic amines is 1. The van der Waals surface area contributed by atoms with E-state index in [0.29, 0.717) is 31.9 Å². The van der Waals surface area contributed by atoms with Crippen molar-refractivity contribution in [2.45, 2.75) is 13.0 Å². The number of piperazine rings is 1. The fourth-order valence-corrected chi connectivity index (χ4v) is 4.60. The Bertz CT molecular complexity index is 1290. The summed E-state index contributed by atoms with van der Waals surface area (Å²) in [5.74, 6) is 0.712. The molecule has 0 radical (unpaired) electrons. The van der Waals surface area contributed by atoms with Crippen LogP contribution in [0.3, 0.4) is 0 Å². The minimum absolute atomic E-state index is 0.613. The molecule has 1 aliphatic heterocycles. The molecule has 2 aromatic heterocycles. The number of nitrogens with zero attached hydrogens (tertiary/aromatic N) is 4. The fourth-order valence-electron chi connectivity index (χ4n) is 4.60. The average molecular weight is 431 g/mol. The molecule has 0 unspecified atom stereocenters. The molecule has 164 valence electrons. The van der Waals surface area contributed by atoms with E-state index >= 15 is 0 Å². The van der Waals surface area contributed by atoms with Crippen molar-refractivity contribution < 1.29 is 14.6 Å². The quantitative estimate of drug-likeness (QED) is 0.500. The summed E-state index contributed by atoms with van der Waals surface area (Å²) in [6.45, 7) is 4.57. The van der Waals surface area contributed by atoms with Crippen molar-refractivity contribution >= 4 is 33.7 Å². The molecule has 1 saturated heterocycles. The van der Waals surface area contributed by atoms with Crippen LogP contribution in [0.15, 0.2) is 48.7 Å². The molecule has 8 nitrogen and oxygen atoms in total. The number of benzene rings is 2. The zero-order valence-corrected chi connectivity index (χ0v) is 18.1. The summed E-state index contributed by atoms with van der Waals surface area (Å²) in [6, 6.07) is 12.8. The summed E-state index contributed by atoms with van der Waals surface area (Å²) < 4.78 is 5.42. The maximum atomic E-state index is 12.3. The summed E-state index contributed by atoms with van der Waals surface area (Å²) in [5.41, 5.74) is 4.20. The molecular formula is C24H25N5O3. The number of nitrogens with one attached hydrogen (secondary N) is 1. The van der Waals surface area contributed by atoms with Crippen molar-refractivity contribution in [3.63, 3.8) is 0 Å². The molecule has 1 atom stereocenters. The highest BCUT2D eigenvalue weighted by Crippen LogP contribution is 2.34. The van der Waals surface area contributed by atoms with Gasteiger partial charge in [0, 0.05) is 43.3 Å². The second-order valence-corrected chi connectivity index (χ2v) is 8.01. The maximum Gasteiger partial charge on any atom is 0.325 e. The summed E-state index contributed by atoms with van der Waals surface area (Å²) >= 11 is 0. The second-order valence-electron chi connectivity index (χ2n) is 8.01. The number of fused-ring (bicyclic) bond motifs is 2. The monoisotopic (exact) mass is 431 g/mol. The molecule has 0 bridgehead atoms. The van der Waals surface area contributed by atoms with Crippen LogP contribution < -0.4 is 9.64 Å². The SMILES string of the molecule is COc1cccc2c([C@H](C(=O)O)N3CCN(c4nc5ccccc5nc4C)CC3)c[nH]c12. The number of aryl methyl sites for hydroxylation is 1. The summed E-state index contributed by atoms with van der Waals surface area (Å²) in [7, 11) is 1.61. The molecule has 0 aliphatic carbocycles. The van der Waals surface area contributed by atoms with Crippen LogP contribution in [0.5, 0.6) is 5.75 Å². The fraction of sp³-hybridized carbons (Fsp3) is 0.292. The highest BCUT2D eigenvalue weighted by Gasteiger charge is 2.33. The van der Waals surface area contributed by atoms with E-state index in [1.165, 1.54) is 0 Å². The molecule has 8 heteroatoms. The molecule has 0 amide bonds. The Labute approximate surface area is 185 Å². The van der Waals surface area contributed by atoms with Gasteiger partial charge in [-0.2, -0.15) is 0 Å². The molecular weight excluding hydrogens is 406 g/mol. The average Bonchev–Trinajstić information content (AvgIpc) is 3.23. The second kappa shape index (κ2) is 8.12. The third kappa shape index (κ3) is 3.42. The Hall–Kier alpha value is -3.65. The van der Waals surface area contributed by atoms with E-state index in [1.807, 2.05) is 54.3 Å². The first kappa shape index (κ1) is 20.3. The standard InChI is InChI=1S/C24H25N5O3/c1-15-23(27-19-8-4-3-7-18(19)26-15)29-12-10-28(11-13-29)22(24(30)31)17-14-25-21-16(17)6-5-9-20(21)32-2/h3-9,14,22,25H,10-13H2,1-2H3,(H,30,31)/t22-/m1/s1. The van der Waals surface area contributed by atoms with Crippen LogP contribution in [0.4, 0.5) is 5.82 Å². The van der Waals surface area contributed by atoms with Gasteiger partial charge in [0.15, 0.2) is 5.82 Å². The number of aliphatic carboxylic acids is 1. The lowest BCUT2D eigenvalue weighted by Gasteiger charge is -2.38. The van der Waals surface area contributed by atoms with Crippen LogP contribution in [-0.4, -0.2) is 64.2 Å². The number of carboxylic acid groups (broad SMARTS) is 1. The van der Waals surface area contributed by atoms with E-state index in [4.69, 9.17) is 14.7 Å². The third-order valence-electron chi connectivity index (χ3n) is 6.16. The van der Waals surface area contributed by atoms with Gasteiger partial charge >= 0.3 is 5.97 Å². The summed E-state index contributed by atoms with van der Waals surface area (Å²) in [4.78, 5) is 29.3. The van der Waals surface area contributed by atoms with Gasteiger partial charge in [-0.05, 0) is 25.1 Å². The number of anilines is 1. The van der Waals surface area contributed by atoms with E-state index < -0.39 is 12.0 Å². The Kier molecular flexibility index (Phi) is 5.14. The van der Waals surface area contributed by atoms with Crippen LogP contribution >= 0.6 is 0 Å². The van der Waals surface area contributed by atoms with Crippen LogP contribution in [0.25, 0.3) is 21.9 Å². The molecule has 2 N–H and O–H groups in total. The molecule has 5 rings (SSSR count). The number of hydrogen-bond donors (Lipinski definition) is 2. The van der Waals surface area contributed by atoms with E-state index in [-0.39, 0.29) is 0 Å². The number of carbonyl (C=O) groups is 1. The van der Waals surface area contributed by atoms with Gasteiger partial charge in [0.1, 0.15) is 11.8 Å². The van der Waals surface area contributed by atoms with E-state index in [1.54, 1.807) is 13.3 Å². The van der Waals surface area contributed by atoms with Crippen molar-refractivity contribution in [3.05, 3.63) is 59.9 Å².